The molecule has 2 amide bonds. The van der Waals surface area contributed by atoms with E-state index >= 15 is 0 Å². The third kappa shape index (κ3) is 5.57. The highest BCUT2D eigenvalue weighted by Crippen LogP contribution is 2.23. The molecule has 1 atom stereocenters. The number of amides is 2. The number of para-hydroxylation sites is 1. The maximum atomic E-state index is 12.8. The Balaban J connectivity index is 1.47. The van der Waals surface area contributed by atoms with Crippen LogP contribution in [0.3, 0.4) is 0 Å². The summed E-state index contributed by atoms with van der Waals surface area (Å²) in [5.41, 5.74) is 6.87. The lowest BCUT2D eigenvalue weighted by Crippen LogP contribution is -2.31. The van der Waals surface area contributed by atoms with Crippen LogP contribution < -0.4 is 10.5 Å². The summed E-state index contributed by atoms with van der Waals surface area (Å²) in [5, 5.41) is 0. The van der Waals surface area contributed by atoms with Crippen LogP contribution in [0.25, 0.3) is 0 Å². The van der Waals surface area contributed by atoms with Crippen LogP contribution in [0.4, 0.5) is 0 Å². The number of ether oxygens (including phenoxy) is 2. The zero-order valence-corrected chi connectivity index (χ0v) is 15.9. The third-order valence-electron chi connectivity index (χ3n) is 4.73. The van der Waals surface area contributed by atoms with E-state index in [-0.39, 0.29) is 18.6 Å². The van der Waals surface area contributed by atoms with Gasteiger partial charge in [0.2, 0.25) is 0 Å². The number of carbonyl (C=O) groups is 2. The van der Waals surface area contributed by atoms with Gasteiger partial charge in [-0.1, -0.05) is 42.5 Å². The van der Waals surface area contributed by atoms with Gasteiger partial charge in [0, 0.05) is 19.7 Å². The van der Waals surface area contributed by atoms with Crippen molar-refractivity contribution in [3.63, 3.8) is 0 Å². The lowest BCUT2D eigenvalue weighted by molar-refractivity contribution is -0.119. The average Bonchev–Trinajstić information content (AvgIpc) is 3.19. The summed E-state index contributed by atoms with van der Waals surface area (Å²) in [6.07, 6.45) is 2.82. The molecule has 2 aromatic carbocycles. The predicted octanol–water partition coefficient (Wildman–Crippen LogP) is 2.41. The van der Waals surface area contributed by atoms with Gasteiger partial charge in [-0.15, -0.1) is 0 Å². The third-order valence-corrected chi connectivity index (χ3v) is 4.73. The smallest absolute Gasteiger partial charge is 0.257 e. The number of benzene rings is 2. The zero-order chi connectivity index (χ0) is 19.8. The van der Waals surface area contributed by atoms with E-state index in [1.54, 1.807) is 29.2 Å². The fourth-order valence-corrected chi connectivity index (χ4v) is 3.31. The Morgan fingerprint density at radius 3 is 2.61 bits per heavy atom. The quantitative estimate of drug-likeness (QED) is 0.675. The second-order valence-electron chi connectivity index (χ2n) is 6.87. The summed E-state index contributed by atoms with van der Waals surface area (Å²) < 4.78 is 11.3. The van der Waals surface area contributed by atoms with Crippen molar-refractivity contribution >= 4 is 11.8 Å². The molecule has 6 heteroatoms. The lowest BCUT2D eigenvalue weighted by Gasteiger charge is -2.18. The van der Waals surface area contributed by atoms with Crippen LogP contribution in [0, 0.1) is 0 Å². The summed E-state index contributed by atoms with van der Waals surface area (Å²) in [6.45, 7) is 1.64. The van der Waals surface area contributed by atoms with Crippen molar-refractivity contribution in [1.82, 2.24) is 4.90 Å². The zero-order valence-electron chi connectivity index (χ0n) is 15.9. The van der Waals surface area contributed by atoms with Gasteiger partial charge in [0.05, 0.1) is 11.7 Å². The molecule has 0 radical (unpaired) electrons. The Morgan fingerprint density at radius 2 is 1.82 bits per heavy atom. The van der Waals surface area contributed by atoms with Crippen LogP contribution in [-0.4, -0.2) is 49.1 Å². The van der Waals surface area contributed by atoms with Crippen molar-refractivity contribution < 1.29 is 19.1 Å². The number of nitrogens with two attached hydrogens (primary N) is 1. The van der Waals surface area contributed by atoms with Crippen molar-refractivity contribution in [3.8, 4) is 5.75 Å². The van der Waals surface area contributed by atoms with Crippen LogP contribution in [0.5, 0.6) is 5.75 Å². The molecule has 0 spiro atoms. The summed E-state index contributed by atoms with van der Waals surface area (Å²) in [4.78, 5) is 25.6. The number of carbonyl (C=O) groups excluding carboxylic acids is 2. The van der Waals surface area contributed by atoms with Gasteiger partial charge < -0.3 is 20.1 Å². The number of likely N-dealkylation sites (tertiary alicyclic amines) is 1. The molecule has 0 bridgehead atoms. The summed E-state index contributed by atoms with van der Waals surface area (Å²) in [5.74, 6) is -0.318. The molecule has 1 aliphatic rings. The molecule has 0 aliphatic carbocycles. The van der Waals surface area contributed by atoms with E-state index in [0.717, 1.165) is 19.3 Å². The summed E-state index contributed by atoms with van der Waals surface area (Å²) in [6, 6.07) is 17.2. The SMILES string of the molecule is NC(=O)COc1ccccc1C(=O)N1CCC(OCCCc2ccccc2)C1. The molecule has 1 unspecified atom stereocenters. The number of hydrogen-bond donors (Lipinski definition) is 1. The largest absolute Gasteiger partial charge is 0.483 e. The molecule has 1 heterocycles. The number of hydrogen-bond acceptors (Lipinski definition) is 4. The molecular weight excluding hydrogens is 356 g/mol. The van der Waals surface area contributed by atoms with Gasteiger partial charge in [-0.2, -0.15) is 0 Å². The van der Waals surface area contributed by atoms with Crippen LogP contribution in [0.15, 0.2) is 54.6 Å². The van der Waals surface area contributed by atoms with Gasteiger partial charge in [-0.05, 0) is 37.0 Å². The second-order valence-corrected chi connectivity index (χ2v) is 6.87. The van der Waals surface area contributed by atoms with Gasteiger partial charge in [0.1, 0.15) is 5.75 Å². The standard InChI is InChI=1S/C22H26N2O4/c23-21(25)16-28-20-11-5-4-10-19(20)22(26)24-13-12-18(15-24)27-14-6-9-17-7-2-1-3-8-17/h1-5,7-8,10-11,18H,6,9,12-16H2,(H2,23,25). The molecule has 0 aromatic heterocycles. The number of nitrogens with zero attached hydrogens (tertiary/aromatic N) is 1. The lowest BCUT2D eigenvalue weighted by atomic mass is 10.1. The average molecular weight is 382 g/mol. The summed E-state index contributed by atoms with van der Waals surface area (Å²) >= 11 is 0. The van der Waals surface area contributed by atoms with Crippen molar-refractivity contribution in [1.29, 1.82) is 0 Å². The maximum absolute atomic E-state index is 12.8. The first-order valence-electron chi connectivity index (χ1n) is 9.58. The van der Waals surface area contributed by atoms with Crippen molar-refractivity contribution in [2.45, 2.75) is 25.4 Å². The number of rotatable bonds is 9. The first-order chi connectivity index (χ1) is 13.6. The van der Waals surface area contributed by atoms with Gasteiger partial charge in [-0.3, -0.25) is 9.59 Å². The molecule has 2 aromatic rings. The normalized spacial score (nSPS) is 16.1. The van der Waals surface area contributed by atoms with Crippen LogP contribution in [0.2, 0.25) is 0 Å². The summed E-state index contributed by atoms with van der Waals surface area (Å²) in [7, 11) is 0. The first kappa shape index (κ1) is 19.9. The Labute approximate surface area is 165 Å². The van der Waals surface area contributed by atoms with Crippen LogP contribution >= 0.6 is 0 Å². The highest BCUT2D eigenvalue weighted by molar-refractivity contribution is 5.97. The topological polar surface area (TPSA) is 81.9 Å². The Hall–Kier alpha value is -2.86. The maximum Gasteiger partial charge on any atom is 0.257 e. The molecule has 28 heavy (non-hydrogen) atoms. The van der Waals surface area contributed by atoms with E-state index in [9.17, 15) is 9.59 Å². The van der Waals surface area contributed by atoms with Gasteiger partial charge >= 0.3 is 0 Å². The molecule has 1 aliphatic heterocycles. The molecule has 0 saturated carbocycles. The fraction of sp³-hybridized carbons (Fsp3) is 0.364. The first-order valence-corrected chi connectivity index (χ1v) is 9.58. The molecule has 2 N–H and O–H groups in total. The van der Waals surface area contributed by atoms with Crippen LogP contribution in [-0.2, 0) is 16.0 Å². The van der Waals surface area contributed by atoms with E-state index in [1.165, 1.54) is 5.56 Å². The minimum absolute atomic E-state index is 0.0541. The minimum Gasteiger partial charge on any atom is -0.483 e. The van der Waals surface area contributed by atoms with E-state index in [2.05, 4.69) is 12.1 Å². The monoisotopic (exact) mass is 382 g/mol. The Bertz CT molecular complexity index is 794. The van der Waals surface area contributed by atoms with Crippen molar-refractivity contribution in [2.24, 2.45) is 5.73 Å². The van der Waals surface area contributed by atoms with Gasteiger partial charge in [0.25, 0.3) is 11.8 Å². The molecule has 148 valence electrons. The van der Waals surface area contributed by atoms with Crippen LogP contribution in [0.1, 0.15) is 28.8 Å². The Morgan fingerprint density at radius 1 is 1.07 bits per heavy atom. The second kappa shape index (κ2) is 9.90. The molecule has 1 saturated heterocycles. The predicted molar refractivity (Wildman–Crippen MR) is 106 cm³/mol. The molecule has 6 nitrogen and oxygen atoms in total. The highest BCUT2D eigenvalue weighted by Gasteiger charge is 2.28. The molecular formula is C22H26N2O4. The van der Waals surface area contributed by atoms with Gasteiger partial charge in [-0.25, -0.2) is 0 Å². The Kier molecular flexibility index (Phi) is 7.03. The van der Waals surface area contributed by atoms with E-state index in [0.29, 0.717) is 31.0 Å². The highest BCUT2D eigenvalue weighted by atomic mass is 16.5. The molecule has 3 rings (SSSR count). The van der Waals surface area contributed by atoms with Crippen molar-refractivity contribution in [2.75, 3.05) is 26.3 Å². The fourth-order valence-electron chi connectivity index (χ4n) is 3.31. The molecule has 1 fully saturated rings. The minimum atomic E-state index is -0.576. The van der Waals surface area contributed by atoms with Gasteiger partial charge in [0.15, 0.2) is 6.61 Å². The van der Waals surface area contributed by atoms with E-state index < -0.39 is 5.91 Å². The number of primary amides is 1. The van der Waals surface area contributed by atoms with E-state index in [4.69, 9.17) is 15.2 Å². The number of aryl methyl sites for hydroxylation is 1. The van der Waals surface area contributed by atoms with E-state index in [1.807, 2.05) is 18.2 Å². The van der Waals surface area contributed by atoms with Crippen molar-refractivity contribution in [3.05, 3.63) is 65.7 Å².